The van der Waals surface area contributed by atoms with E-state index in [4.69, 9.17) is 14.5 Å². The predicted molar refractivity (Wildman–Crippen MR) is 109 cm³/mol. The second kappa shape index (κ2) is 17.7. The summed E-state index contributed by atoms with van der Waals surface area (Å²) < 4.78 is 15.5. The van der Waals surface area contributed by atoms with Crippen LogP contribution in [0.2, 0.25) is 0 Å². The maximum absolute atomic E-state index is 11.6. The molecule has 162 valence electrons. The molecule has 0 aromatic rings. The first-order chi connectivity index (χ1) is 12.8. The molecule has 0 saturated heterocycles. The molecule has 0 aliphatic carbocycles. The Morgan fingerprint density at radius 2 is 1.26 bits per heavy atom. The third-order valence-electron chi connectivity index (χ3n) is 4.65. The number of hydrogen-bond donors (Lipinski definition) is 3. The fraction of sp³-hybridized carbons (Fsp3) is 0.950. The van der Waals surface area contributed by atoms with E-state index in [0.29, 0.717) is 0 Å². The molecule has 27 heavy (non-hydrogen) atoms. The summed E-state index contributed by atoms with van der Waals surface area (Å²) >= 11 is 0. The van der Waals surface area contributed by atoms with Crippen molar-refractivity contribution in [2.45, 2.75) is 116 Å². The van der Waals surface area contributed by atoms with Gasteiger partial charge < -0.3 is 19.6 Å². The van der Waals surface area contributed by atoms with Crippen molar-refractivity contribution in [2.75, 3.05) is 6.16 Å². The Kier molecular flexibility index (Phi) is 17.4. The lowest BCUT2D eigenvalue weighted by Gasteiger charge is -2.12. The van der Waals surface area contributed by atoms with E-state index in [1.165, 1.54) is 64.2 Å². The van der Waals surface area contributed by atoms with Crippen LogP contribution in [-0.2, 0) is 14.1 Å². The Morgan fingerprint density at radius 1 is 0.815 bits per heavy atom. The normalized spacial score (nSPS) is 12.9. The summed E-state index contributed by atoms with van der Waals surface area (Å²) in [6.07, 6.45) is 15.0. The third-order valence-corrected chi connectivity index (χ3v) is 5.55. The van der Waals surface area contributed by atoms with E-state index in [1.807, 2.05) is 0 Å². The van der Waals surface area contributed by atoms with Crippen molar-refractivity contribution in [2.24, 2.45) is 0 Å². The van der Waals surface area contributed by atoms with E-state index in [9.17, 15) is 14.5 Å². The minimum atomic E-state index is -4.05. The molecule has 3 N–H and O–H groups in total. The average Bonchev–Trinajstić information content (AvgIpc) is 2.57. The zero-order valence-corrected chi connectivity index (χ0v) is 18.0. The predicted octanol–water partition coefficient (Wildman–Crippen LogP) is 5.29. The van der Waals surface area contributed by atoms with Crippen LogP contribution < -0.4 is 0 Å². The Hall–Kier alpha value is -0.420. The van der Waals surface area contributed by atoms with Gasteiger partial charge in [0.15, 0.2) is 0 Å². The first-order valence-corrected chi connectivity index (χ1v) is 12.6. The minimum Gasteiger partial charge on any atom is -0.436 e. The Bertz CT molecular complexity index is 396. The highest BCUT2D eigenvalue weighted by Gasteiger charge is 2.15. The molecule has 0 amide bonds. The van der Waals surface area contributed by atoms with Gasteiger partial charge in [0, 0.05) is 12.8 Å². The van der Waals surface area contributed by atoms with Crippen LogP contribution in [0.1, 0.15) is 110 Å². The first kappa shape index (κ1) is 26.6. The van der Waals surface area contributed by atoms with Crippen molar-refractivity contribution in [1.82, 2.24) is 0 Å². The molecule has 1 atom stereocenters. The fourth-order valence-electron chi connectivity index (χ4n) is 3.03. The molecule has 0 aliphatic rings. The van der Waals surface area contributed by atoms with E-state index in [2.05, 4.69) is 6.92 Å². The molecule has 0 radical (unpaired) electrons. The van der Waals surface area contributed by atoms with Crippen LogP contribution in [0.15, 0.2) is 0 Å². The van der Waals surface area contributed by atoms with Crippen molar-refractivity contribution in [3.8, 4) is 0 Å². The minimum absolute atomic E-state index is 0.0510. The topological polar surface area (TPSA) is 104 Å². The molecule has 0 saturated carbocycles. The highest BCUT2D eigenvalue weighted by molar-refractivity contribution is 7.51. The standard InChI is InChI=1S/C20H41O6P/c1-2-3-4-5-6-7-8-9-10-11-12-13-14-16-19(21)26-20(22)17-15-18-27(23,24)25/h20,22H,2-18H2,1H3,(H2,23,24,25). The van der Waals surface area contributed by atoms with Crippen molar-refractivity contribution in [1.29, 1.82) is 0 Å². The van der Waals surface area contributed by atoms with Gasteiger partial charge in [-0.2, -0.15) is 0 Å². The van der Waals surface area contributed by atoms with Crippen LogP contribution in [0, 0.1) is 0 Å². The number of esters is 1. The van der Waals surface area contributed by atoms with Gasteiger partial charge in [0.25, 0.3) is 0 Å². The van der Waals surface area contributed by atoms with E-state index in [1.54, 1.807) is 0 Å². The molecule has 0 aliphatic heterocycles. The number of unbranched alkanes of at least 4 members (excludes halogenated alkanes) is 12. The van der Waals surface area contributed by atoms with Crippen LogP contribution in [0.4, 0.5) is 0 Å². The molecule has 6 nitrogen and oxygen atoms in total. The van der Waals surface area contributed by atoms with Crippen molar-refractivity contribution in [3.63, 3.8) is 0 Å². The molecule has 1 unspecified atom stereocenters. The van der Waals surface area contributed by atoms with E-state index in [-0.39, 0.29) is 25.4 Å². The van der Waals surface area contributed by atoms with Gasteiger partial charge in [-0.1, -0.05) is 84.0 Å². The molecule has 0 aromatic heterocycles. The molecule has 7 heteroatoms. The molecular weight excluding hydrogens is 367 g/mol. The van der Waals surface area contributed by atoms with Gasteiger partial charge in [-0.3, -0.25) is 9.36 Å². The van der Waals surface area contributed by atoms with Gasteiger partial charge in [0.05, 0.1) is 6.16 Å². The van der Waals surface area contributed by atoms with Gasteiger partial charge in [0.1, 0.15) is 0 Å². The Morgan fingerprint density at radius 3 is 1.70 bits per heavy atom. The fourth-order valence-corrected chi connectivity index (χ4v) is 3.62. The van der Waals surface area contributed by atoms with Crippen molar-refractivity contribution < 1.29 is 29.0 Å². The number of hydrogen-bond acceptors (Lipinski definition) is 4. The molecule has 0 aromatic carbocycles. The summed E-state index contributed by atoms with van der Waals surface area (Å²) in [6, 6.07) is 0. The van der Waals surface area contributed by atoms with Crippen molar-refractivity contribution >= 4 is 13.6 Å². The number of rotatable bonds is 19. The molecule has 0 rings (SSSR count). The first-order valence-electron chi connectivity index (χ1n) is 10.8. The third kappa shape index (κ3) is 21.7. The number of aliphatic hydroxyl groups is 1. The zero-order valence-electron chi connectivity index (χ0n) is 17.1. The lowest BCUT2D eigenvalue weighted by Crippen LogP contribution is -2.17. The maximum atomic E-state index is 11.6. The highest BCUT2D eigenvalue weighted by atomic mass is 31.2. The number of ether oxygens (including phenoxy) is 1. The van der Waals surface area contributed by atoms with Crippen LogP contribution in [0.5, 0.6) is 0 Å². The second-order valence-corrected chi connectivity index (χ2v) is 9.24. The van der Waals surface area contributed by atoms with Crippen LogP contribution in [0.25, 0.3) is 0 Å². The van der Waals surface area contributed by atoms with Gasteiger partial charge in [0.2, 0.25) is 6.29 Å². The van der Waals surface area contributed by atoms with E-state index >= 15 is 0 Å². The SMILES string of the molecule is CCCCCCCCCCCCCCCC(=O)OC(O)CCCP(=O)(O)O. The number of carbonyl (C=O) groups is 1. The van der Waals surface area contributed by atoms with Crippen LogP contribution in [-0.4, -0.2) is 33.3 Å². The van der Waals surface area contributed by atoms with Crippen LogP contribution in [0.3, 0.4) is 0 Å². The monoisotopic (exact) mass is 408 g/mol. The smallest absolute Gasteiger partial charge is 0.325 e. The highest BCUT2D eigenvalue weighted by Crippen LogP contribution is 2.35. The Labute approximate surface area is 165 Å². The quantitative estimate of drug-likeness (QED) is 0.116. The Balaban J connectivity index is 3.35. The summed E-state index contributed by atoms with van der Waals surface area (Å²) in [5.74, 6) is -0.443. The van der Waals surface area contributed by atoms with E-state index < -0.39 is 19.9 Å². The summed E-state index contributed by atoms with van der Waals surface area (Å²) in [6.45, 7) is 2.24. The summed E-state index contributed by atoms with van der Waals surface area (Å²) in [4.78, 5) is 29.0. The second-order valence-electron chi connectivity index (χ2n) is 7.47. The average molecular weight is 409 g/mol. The molecule has 0 bridgehead atoms. The zero-order chi connectivity index (χ0) is 20.4. The van der Waals surface area contributed by atoms with E-state index in [0.717, 1.165) is 19.3 Å². The van der Waals surface area contributed by atoms with Gasteiger partial charge in [-0.15, -0.1) is 0 Å². The number of carbonyl (C=O) groups excluding carboxylic acids is 1. The van der Waals surface area contributed by atoms with Gasteiger partial charge >= 0.3 is 13.6 Å². The summed E-state index contributed by atoms with van der Waals surface area (Å²) in [7, 11) is -4.05. The van der Waals surface area contributed by atoms with Crippen LogP contribution >= 0.6 is 7.60 Å². The molecule has 0 spiro atoms. The lowest BCUT2D eigenvalue weighted by atomic mass is 10.0. The van der Waals surface area contributed by atoms with Crippen molar-refractivity contribution in [3.05, 3.63) is 0 Å². The van der Waals surface area contributed by atoms with Gasteiger partial charge in [-0.25, -0.2) is 0 Å². The molecule has 0 fully saturated rings. The number of aliphatic hydroxyl groups excluding tert-OH is 1. The summed E-state index contributed by atoms with van der Waals surface area (Å²) in [5.41, 5.74) is 0. The lowest BCUT2D eigenvalue weighted by molar-refractivity contribution is -0.168. The maximum Gasteiger partial charge on any atom is 0.325 e. The largest absolute Gasteiger partial charge is 0.436 e. The van der Waals surface area contributed by atoms with Gasteiger partial charge in [-0.05, 0) is 12.8 Å². The molecular formula is C20H41O6P. The molecule has 0 heterocycles. The summed E-state index contributed by atoms with van der Waals surface area (Å²) in [5, 5.41) is 9.52.